The molecule has 0 aliphatic carbocycles. The average Bonchev–Trinajstić information content (AvgIpc) is 2.53. The van der Waals surface area contributed by atoms with Gasteiger partial charge in [-0.15, -0.1) is 0 Å². The number of amides is 1. The summed E-state index contributed by atoms with van der Waals surface area (Å²) in [6.07, 6.45) is -4.63. The van der Waals surface area contributed by atoms with Crippen LogP contribution < -0.4 is 10.0 Å². The number of anilines is 1. The molecule has 5 nitrogen and oxygen atoms in total. The fourth-order valence-corrected chi connectivity index (χ4v) is 3.51. The van der Waals surface area contributed by atoms with Crippen molar-refractivity contribution in [1.29, 1.82) is 0 Å². The molecule has 0 atom stereocenters. The third kappa shape index (κ3) is 4.83. The Morgan fingerprint density at radius 3 is 2.31 bits per heavy atom. The molecule has 9 heteroatoms. The van der Waals surface area contributed by atoms with Crippen molar-refractivity contribution < 1.29 is 26.4 Å². The van der Waals surface area contributed by atoms with Gasteiger partial charge < -0.3 is 5.32 Å². The van der Waals surface area contributed by atoms with E-state index in [1.807, 2.05) is 0 Å². The maximum absolute atomic E-state index is 13.0. The number of rotatable bonds is 5. The quantitative estimate of drug-likeness (QED) is 0.824. The second-order valence-electron chi connectivity index (χ2n) is 5.80. The molecular formula is C17H17F3N2O3S. The van der Waals surface area contributed by atoms with Gasteiger partial charge in [-0.3, -0.25) is 4.79 Å². The maximum atomic E-state index is 13.0. The van der Waals surface area contributed by atoms with Crippen molar-refractivity contribution in [1.82, 2.24) is 4.72 Å². The van der Waals surface area contributed by atoms with Gasteiger partial charge in [0.2, 0.25) is 10.0 Å². The molecule has 2 aromatic carbocycles. The van der Waals surface area contributed by atoms with E-state index in [0.717, 1.165) is 18.2 Å². The Bertz CT molecular complexity index is 909. The summed E-state index contributed by atoms with van der Waals surface area (Å²) < 4.78 is 65.7. The molecule has 2 N–H and O–H groups in total. The number of benzene rings is 2. The third-order valence-corrected chi connectivity index (χ3v) is 4.93. The Morgan fingerprint density at radius 1 is 1.04 bits per heavy atom. The summed E-state index contributed by atoms with van der Waals surface area (Å²) in [5.74, 6) is -0.844. The zero-order valence-electron chi connectivity index (χ0n) is 14.0. The fourth-order valence-electron chi connectivity index (χ4n) is 2.22. The van der Waals surface area contributed by atoms with E-state index in [-0.39, 0.29) is 16.5 Å². The van der Waals surface area contributed by atoms with Crippen molar-refractivity contribution in [2.75, 3.05) is 5.32 Å². The van der Waals surface area contributed by atoms with Crippen LogP contribution in [0.5, 0.6) is 0 Å². The van der Waals surface area contributed by atoms with Crippen molar-refractivity contribution in [3.8, 4) is 0 Å². The first-order valence-electron chi connectivity index (χ1n) is 7.60. The number of sulfonamides is 1. The molecule has 26 heavy (non-hydrogen) atoms. The van der Waals surface area contributed by atoms with Gasteiger partial charge in [0.25, 0.3) is 5.91 Å². The van der Waals surface area contributed by atoms with Crippen molar-refractivity contribution in [2.45, 2.75) is 31.0 Å². The normalized spacial score (nSPS) is 12.2. The van der Waals surface area contributed by atoms with Gasteiger partial charge in [0.1, 0.15) is 0 Å². The number of carbonyl (C=O) groups is 1. The molecule has 0 spiro atoms. The second kappa shape index (κ2) is 7.46. The van der Waals surface area contributed by atoms with Gasteiger partial charge in [-0.05, 0) is 44.2 Å². The minimum atomic E-state index is -4.63. The SMILES string of the molecule is CC(C)NS(=O)(=O)c1cccc(C(=O)Nc2ccccc2C(F)(F)F)c1. The number of carbonyl (C=O) groups excluding carboxylic acids is 1. The second-order valence-corrected chi connectivity index (χ2v) is 7.52. The van der Waals surface area contributed by atoms with E-state index < -0.39 is 33.4 Å². The molecule has 0 saturated carbocycles. The minimum Gasteiger partial charge on any atom is -0.321 e. The molecule has 0 radical (unpaired) electrons. The zero-order chi connectivity index (χ0) is 19.5. The maximum Gasteiger partial charge on any atom is 0.418 e. The lowest BCUT2D eigenvalue weighted by Crippen LogP contribution is -2.30. The molecule has 0 aliphatic rings. The number of nitrogens with one attached hydrogen (secondary N) is 2. The van der Waals surface area contributed by atoms with Crippen molar-refractivity contribution in [3.63, 3.8) is 0 Å². The summed E-state index contributed by atoms with van der Waals surface area (Å²) in [6, 6.07) is 9.27. The highest BCUT2D eigenvalue weighted by Crippen LogP contribution is 2.34. The molecule has 2 aromatic rings. The van der Waals surface area contributed by atoms with Crippen LogP contribution >= 0.6 is 0 Å². The Balaban J connectivity index is 2.32. The van der Waals surface area contributed by atoms with Crippen LogP contribution in [0.15, 0.2) is 53.4 Å². The molecule has 0 heterocycles. The molecule has 0 fully saturated rings. The Labute approximate surface area is 149 Å². The van der Waals surface area contributed by atoms with Gasteiger partial charge in [-0.25, -0.2) is 13.1 Å². The molecule has 0 unspecified atom stereocenters. The predicted octanol–water partition coefficient (Wildman–Crippen LogP) is 3.64. The summed E-state index contributed by atoms with van der Waals surface area (Å²) in [7, 11) is -3.83. The smallest absolute Gasteiger partial charge is 0.321 e. The van der Waals surface area contributed by atoms with Crippen LogP contribution in [0, 0.1) is 0 Å². The van der Waals surface area contributed by atoms with Crippen LogP contribution in [0.2, 0.25) is 0 Å². The van der Waals surface area contributed by atoms with E-state index >= 15 is 0 Å². The highest BCUT2D eigenvalue weighted by Gasteiger charge is 2.33. The van der Waals surface area contributed by atoms with Gasteiger partial charge in [0, 0.05) is 11.6 Å². The van der Waals surface area contributed by atoms with E-state index in [1.54, 1.807) is 13.8 Å². The van der Waals surface area contributed by atoms with Crippen LogP contribution in [0.1, 0.15) is 29.8 Å². The summed E-state index contributed by atoms with van der Waals surface area (Å²) in [4.78, 5) is 12.2. The molecular weight excluding hydrogens is 369 g/mol. The molecule has 0 aromatic heterocycles. The van der Waals surface area contributed by atoms with E-state index in [1.165, 1.54) is 30.3 Å². The van der Waals surface area contributed by atoms with Gasteiger partial charge >= 0.3 is 6.18 Å². The molecule has 2 rings (SSSR count). The highest BCUT2D eigenvalue weighted by molar-refractivity contribution is 7.89. The van der Waals surface area contributed by atoms with E-state index in [9.17, 15) is 26.4 Å². The first kappa shape index (κ1) is 19.9. The summed E-state index contributed by atoms with van der Waals surface area (Å²) in [5.41, 5.74) is -1.47. The van der Waals surface area contributed by atoms with Gasteiger partial charge in [0.15, 0.2) is 0 Å². The van der Waals surface area contributed by atoms with Crippen LogP contribution in [-0.4, -0.2) is 20.4 Å². The zero-order valence-corrected chi connectivity index (χ0v) is 14.8. The standard InChI is InChI=1S/C17H17F3N2O3S/c1-11(2)22-26(24,25)13-7-5-6-12(10-13)16(23)21-15-9-4-3-8-14(15)17(18,19)20/h3-11,22H,1-2H3,(H,21,23). The van der Waals surface area contributed by atoms with Crippen LogP contribution in [0.25, 0.3) is 0 Å². The Morgan fingerprint density at radius 2 is 1.69 bits per heavy atom. The monoisotopic (exact) mass is 386 g/mol. The van der Waals surface area contributed by atoms with Crippen molar-refractivity contribution in [2.24, 2.45) is 0 Å². The Hall–Kier alpha value is -2.39. The molecule has 1 amide bonds. The number of hydrogen-bond donors (Lipinski definition) is 2. The van der Waals surface area contributed by atoms with Crippen molar-refractivity contribution in [3.05, 3.63) is 59.7 Å². The lowest BCUT2D eigenvalue weighted by Gasteiger charge is -2.14. The molecule has 140 valence electrons. The summed E-state index contributed by atoms with van der Waals surface area (Å²) in [6.45, 7) is 3.28. The number of halogens is 3. The first-order chi connectivity index (χ1) is 12.0. The van der Waals surface area contributed by atoms with Crippen LogP contribution in [0.3, 0.4) is 0 Å². The number of hydrogen-bond acceptors (Lipinski definition) is 3. The topological polar surface area (TPSA) is 75.3 Å². The average molecular weight is 386 g/mol. The molecule has 0 saturated heterocycles. The number of para-hydroxylation sites is 1. The lowest BCUT2D eigenvalue weighted by atomic mass is 10.1. The minimum absolute atomic E-state index is 0.0754. The Kier molecular flexibility index (Phi) is 5.72. The highest BCUT2D eigenvalue weighted by atomic mass is 32.2. The van der Waals surface area contributed by atoms with Gasteiger partial charge in [-0.1, -0.05) is 18.2 Å². The largest absolute Gasteiger partial charge is 0.418 e. The fraction of sp³-hybridized carbons (Fsp3) is 0.235. The molecule has 0 aliphatic heterocycles. The molecule has 0 bridgehead atoms. The lowest BCUT2D eigenvalue weighted by molar-refractivity contribution is -0.136. The predicted molar refractivity (Wildman–Crippen MR) is 91.3 cm³/mol. The van der Waals surface area contributed by atoms with Crippen LogP contribution in [0.4, 0.5) is 18.9 Å². The third-order valence-electron chi connectivity index (χ3n) is 3.28. The van der Waals surface area contributed by atoms with Gasteiger partial charge in [0.05, 0.1) is 16.1 Å². The van der Waals surface area contributed by atoms with E-state index in [0.29, 0.717) is 0 Å². The van der Waals surface area contributed by atoms with E-state index in [2.05, 4.69) is 10.0 Å². The van der Waals surface area contributed by atoms with Crippen LogP contribution in [-0.2, 0) is 16.2 Å². The van der Waals surface area contributed by atoms with Gasteiger partial charge in [-0.2, -0.15) is 13.2 Å². The van der Waals surface area contributed by atoms with E-state index in [4.69, 9.17) is 0 Å². The summed E-state index contributed by atoms with van der Waals surface area (Å²) in [5, 5.41) is 2.18. The summed E-state index contributed by atoms with van der Waals surface area (Å²) >= 11 is 0. The number of alkyl halides is 3. The first-order valence-corrected chi connectivity index (χ1v) is 9.09. The van der Waals surface area contributed by atoms with Crippen molar-refractivity contribution >= 4 is 21.6 Å².